The van der Waals surface area contributed by atoms with Crippen LogP contribution in [0.1, 0.15) is 44.9 Å². The molecule has 2 fully saturated rings. The van der Waals surface area contributed by atoms with Gasteiger partial charge in [0.15, 0.2) is 5.15 Å². The average Bonchev–Trinajstić information content (AvgIpc) is 2.41. The first-order valence-corrected chi connectivity index (χ1v) is 7.58. The lowest BCUT2D eigenvalue weighted by Crippen LogP contribution is -2.34. The van der Waals surface area contributed by atoms with E-state index in [1.54, 1.807) is 6.20 Å². The molecule has 2 aliphatic carbocycles. The van der Waals surface area contributed by atoms with E-state index in [1.165, 1.54) is 44.9 Å². The molecule has 0 saturated heterocycles. The largest absolute Gasteiger partial charge is 0.380 e. The number of pyridine rings is 1. The Hall–Kier alpha value is -0.760. The maximum atomic E-state index is 6.11. The molecule has 1 N–H and O–H groups in total. The minimum absolute atomic E-state index is 0.589. The first-order chi connectivity index (χ1) is 8.83. The zero-order valence-electron chi connectivity index (χ0n) is 10.7. The third-order valence-corrected chi connectivity index (χ3v) is 4.96. The van der Waals surface area contributed by atoms with E-state index in [0.29, 0.717) is 11.2 Å². The van der Waals surface area contributed by atoms with E-state index in [0.717, 1.165) is 17.5 Å². The highest BCUT2D eigenvalue weighted by molar-refractivity contribution is 6.31. The molecule has 3 rings (SSSR count). The summed E-state index contributed by atoms with van der Waals surface area (Å²) in [4.78, 5) is 4.13. The van der Waals surface area contributed by atoms with Gasteiger partial charge in [-0.15, -0.1) is 0 Å². The fourth-order valence-electron chi connectivity index (χ4n) is 3.72. The van der Waals surface area contributed by atoms with Gasteiger partial charge in [-0.3, -0.25) is 0 Å². The van der Waals surface area contributed by atoms with Gasteiger partial charge in [0.1, 0.15) is 0 Å². The van der Waals surface area contributed by atoms with Gasteiger partial charge in [0.2, 0.25) is 0 Å². The van der Waals surface area contributed by atoms with Gasteiger partial charge in [-0.05, 0) is 43.2 Å². The van der Waals surface area contributed by atoms with E-state index in [4.69, 9.17) is 11.6 Å². The minimum Gasteiger partial charge on any atom is -0.380 e. The number of aromatic nitrogens is 1. The zero-order chi connectivity index (χ0) is 12.4. The van der Waals surface area contributed by atoms with Gasteiger partial charge in [-0.1, -0.05) is 37.3 Å². The van der Waals surface area contributed by atoms with E-state index < -0.39 is 0 Å². The second-order valence-electron chi connectivity index (χ2n) is 5.80. The molecule has 1 aromatic rings. The standard InChI is InChI=1S/C15H21ClN2/c16-15-14(6-3-9-17-15)18-13-8-7-11-4-1-2-5-12(11)10-13/h3,6,9,11-13,18H,1-2,4-5,7-8,10H2. The highest BCUT2D eigenvalue weighted by atomic mass is 35.5. The van der Waals surface area contributed by atoms with Crippen LogP contribution < -0.4 is 5.32 Å². The maximum Gasteiger partial charge on any atom is 0.152 e. The molecule has 2 aliphatic rings. The summed E-state index contributed by atoms with van der Waals surface area (Å²) in [5.74, 6) is 1.95. The highest BCUT2D eigenvalue weighted by Gasteiger charge is 2.32. The number of halogens is 1. The Bertz CT molecular complexity index is 407. The number of rotatable bonds is 2. The predicted molar refractivity (Wildman–Crippen MR) is 76.0 cm³/mol. The normalized spacial score (nSPS) is 31.7. The van der Waals surface area contributed by atoms with Gasteiger partial charge in [0.25, 0.3) is 0 Å². The predicted octanol–water partition coefficient (Wildman–Crippen LogP) is 4.51. The van der Waals surface area contributed by atoms with Gasteiger partial charge in [0.05, 0.1) is 5.69 Å². The first-order valence-electron chi connectivity index (χ1n) is 7.20. The summed E-state index contributed by atoms with van der Waals surface area (Å²) in [5, 5.41) is 4.19. The Labute approximate surface area is 114 Å². The van der Waals surface area contributed by atoms with Crippen molar-refractivity contribution in [3.8, 4) is 0 Å². The Kier molecular flexibility index (Phi) is 3.74. The van der Waals surface area contributed by atoms with E-state index in [9.17, 15) is 0 Å². The molecular weight excluding hydrogens is 244 g/mol. The molecule has 0 aliphatic heterocycles. The quantitative estimate of drug-likeness (QED) is 0.795. The number of anilines is 1. The van der Waals surface area contributed by atoms with Crippen molar-refractivity contribution in [2.24, 2.45) is 11.8 Å². The number of fused-ring (bicyclic) bond motifs is 1. The van der Waals surface area contributed by atoms with Crippen LogP contribution in [0.4, 0.5) is 5.69 Å². The topological polar surface area (TPSA) is 24.9 Å². The van der Waals surface area contributed by atoms with Crippen molar-refractivity contribution in [2.75, 3.05) is 5.32 Å². The molecule has 3 unspecified atom stereocenters. The van der Waals surface area contributed by atoms with Crippen LogP contribution in [0.15, 0.2) is 18.3 Å². The Morgan fingerprint density at radius 2 is 1.94 bits per heavy atom. The van der Waals surface area contributed by atoms with Crippen LogP contribution in [0, 0.1) is 11.8 Å². The van der Waals surface area contributed by atoms with Crippen LogP contribution in [0.25, 0.3) is 0 Å². The number of hydrogen-bond acceptors (Lipinski definition) is 2. The lowest BCUT2D eigenvalue weighted by atomic mass is 9.69. The third kappa shape index (κ3) is 2.64. The summed E-state index contributed by atoms with van der Waals surface area (Å²) < 4.78 is 0. The maximum absolute atomic E-state index is 6.11. The van der Waals surface area contributed by atoms with E-state index in [-0.39, 0.29) is 0 Å². The molecule has 98 valence electrons. The molecule has 2 nitrogen and oxygen atoms in total. The minimum atomic E-state index is 0.589. The van der Waals surface area contributed by atoms with Gasteiger partial charge in [-0.25, -0.2) is 4.98 Å². The highest BCUT2D eigenvalue weighted by Crippen LogP contribution is 2.41. The van der Waals surface area contributed by atoms with Crippen molar-refractivity contribution in [3.63, 3.8) is 0 Å². The molecule has 1 heterocycles. The van der Waals surface area contributed by atoms with Gasteiger partial charge >= 0.3 is 0 Å². The van der Waals surface area contributed by atoms with Crippen molar-refractivity contribution in [2.45, 2.75) is 51.0 Å². The smallest absolute Gasteiger partial charge is 0.152 e. The van der Waals surface area contributed by atoms with Gasteiger partial charge in [-0.2, -0.15) is 0 Å². The van der Waals surface area contributed by atoms with Gasteiger partial charge < -0.3 is 5.32 Å². The molecule has 2 saturated carbocycles. The molecule has 3 heteroatoms. The Morgan fingerprint density at radius 1 is 1.11 bits per heavy atom. The van der Waals surface area contributed by atoms with Crippen molar-refractivity contribution in [1.82, 2.24) is 4.98 Å². The SMILES string of the molecule is Clc1ncccc1NC1CCC2CCCCC2C1. The Balaban J connectivity index is 1.63. The Morgan fingerprint density at radius 3 is 2.78 bits per heavy atom. The van der Waals surface area contributed by atoms with Crippen LogP contribution in [0.5, 0.6) is 0 Å². The average molecular weight is 265 g/mol. The lowest BCUT2D eigenvalue weighted by Gasteiger charge is -2.39. The molecule has 3 atom stereocenters. The van der Waals surface area contributed by atoms with Crippen LogP contribution in [-0.2, 0) is 0 Å². The monoisotopic (exact) mass is 264 g/mol. The zero-order valence-corrected chi connectivity index (χ0v) is 11.5. The molecule has 0 amide bonds. The fraction of sp³-hybridized carbons (Fsp3) is 0.667. The first kappa shape index (κ1) is 12.3. The number of hydrogen-bond donors (Lipinski definition) is 1. The van der Waals surface area contributed by atoms with Crippen LogP contribution in [-0.4, -0.2) is 11.0 Å². The number of nitrogens with one attached hydrogen (secondary N) is 1. The fourth-order valence-corrected chi connectivity index (χ4v) is 3.89. The van der Waals surface area contributed by atoms with Crippen molar-refractivity contribution in [1.29, 1.82) is 0 Å². The molecule has 0 bridgehead atoms. The summed E-state index contributed by atoms with van der Waals surface area (Å²) in [5.41, 5.74) is 0.999. The van der Waals surface area contributed by atoms with E-state index in [2.05, 4.69) is 10.3 Å². The second kappa shape index (κ2) is 5.48. The van der Waals surface area contributed by atoms with E-state index in [1.807, 2.05) is 12.1 Å². The summed E-state index contributed by atoms with van der Waals surface area (Å²) in [6.07, 6.45) is 11.5. The molecule has 0 radical (unpaired) electrons. The van der Waals surface area contributed by atoms with E-state index >= 15 is 0 Å². The molecule has 0 spiro atoms. The van der Waals surface area contributed by atoms with Crippen LogP contribution in [0.2, 0.25) is 5.15 Å². The number of nitrogens with zero attached hydrogens (tertiary/aromatic N) is 1. The second-order valence-corrected chi connectivity index (χ2v) is 6.16. The summed E-state index contributed by atoms with van der Waals surface area (Å²) in [7, 11) is 0. The van der Waals surface area contributed by atoms with Crippen LogP contribution in [0.3, 0.4) is 0 Å². The van der Waals surface area contributed by atoms with Crippen molar-refractivity contribution < 1.29 is 0 Å². The molecular formula is C15H21ClN2. The lowest BCUT2D eigenvalue weighted by molar-refractivity contribution is 0.162. The molecule has 18 heavy (non-hydrogen) atoms. The molecule has 1 aromatic heterocycles. The summed E-state index contributed by atoms with van der Waals surface area (Å²) >= 11 is 6.11. The summed E-state index contributed by atoms with van der Waals surface area (Å²) in [6.45, 7) is 0. The van der Waals surface area contributed by atoms with Crippen molar-refractivity contribution >= 4 is 17.3 Å². The third-order valence-electron chi connectivity index (χ3n) is 4.66. The summed E-state index contributed by atoms with van der Waals surface area (Å²) in [6, 6.07) is 4.56. The van der Waals surface area contributed by atoms with Gasteiger partial charge in [0, 0.05) is 12.2 Å². The molecule has 0 aromatic carbocycles. The van der Waals surface area contributed by atoms with Crippen LogP contribution >= 0.6 is 11.6 Å². The van der Waals surface area contributed by atoms with Crippen molar-refractivity contribution in [3.05, 3.63) is 23.5 Å².